The standard InChI is InChI=1S/C23H21NO3/c1-16-7-5-6-10-19(16)22(17-8-3-2-4-9-17)24-23(25)18-11-12-20-21(15-18)27-14-13-26-20/h2-12,15,22H,13-14H2,1H3,(H,24,25)/t22-/m0/s1. The Hall–Kier alpha value is -3.27. The van der Waals surface area contributed by atoms with Crippen molar-refractivity contribution in [2.45, 2.75) is 13.0 Å². The monoisotopic (exact) mass is 359 g/mol. The number of benzene rings is 3. The summed E-state index contributed by atoms with van der Waals surface area (Å²) in [5.74, 6) is 1.14. The van der Waals surface area contributed by atoms with Gasteiger partial charge in [-0.1, -0.05) is 54.6 Å². The van der Waals surface area contributed by atoms with E-state index in [1.54, 1.807) is 18.2 Å². The molecule has 0 bridgehead atoms. The molecule has 3 aromatic carbocycles. The average molecular weight is 359 g/mol. The van der Waals surface area contributed by atoms with Crippen LogP contribution >= 0.6 is 0 Å². The van der Waals surface area contributed by atoms with E-state index < -0.39 is 0 Å². The van der Waals surface area contributed by atoms with Crippen LogP contribution in [0.4, 0.5) is 0 Å². The summed E-state index contributed by atoms with van der Waals surface area (Å²) in [5.41, 5.74) is 3.80. The maximum Gasteiger partial charge on any atom is 0.252 e. The fourth-order valence-electron chi connectivity index (χ4n) is 3.30. The SMILES string of the molecule is Cc1ccccc1[C@@H](NC(=O)c1ccc2c(c1)OCCO2)c1ccccc1. The maximum absolute atomic E-state index is 13.0. The molecule has 136 valence electrons. The van der Waals surface area contributed by atoms with Crippen molar-refractivity contribution in [2.24, 2.45) is 0 Å². The highest BCUT2D eigenvalue weighted by Crippen LogP contribution is 2.31. The van der Waals surface area contributed by atoms with E-state index in [4.69, 9.17) is 9.47 Å². The van der Waals surface area contributed by atoms with Crippen molar-refractivity contribution >= 4 is 5.91 Å². The summed E-state index contributed by atoms with van der Waals surface area (Å²) in [6, 6.07) is 23.2. The second-order valence-corrected chi connectivity index (χ2v) is 6.53. The molecule has 0 saturated carbocycles. The number of hydrogen-bond donors (Lipinski definition) is 1. The zero-order valence-electron chi connectivity index (χ0n) is 15.1. The molecular weight excluding hydrogens is 338 g/mol. The van der Waals surface area contributed by atoms with E-state index in [0.717, 1.165) is 16.7 Å². The Balaban J connectivity index is 1.66. The fraction of sp³-hybridized carbons (Fsp3) is 0.174. The highest BCUT2D eigenvalue weighted by Gasteiger charge is 2.21. The number of amides is 1. The summed E-state index contributed by atoms with van der Waals surface area (Å²) in [4.78, 5) is 13.0. The zero-order valence-corrected chi connectivity index (χ0v) is 15.1. The number of ether oxygens (including phenoxy) is 2. The van der Waals surface area contributed by atoms with Crippen molar-refractivity contribution in [1.29, 1.82) is 0 Å². The summed E-state index contributed by atoms with van der Waals surface area (Å²) in [6.45, 7) is 3.08. The molecule has 3 aromatic rings. The van der Waals surface area contributed by atoms with Gasteiger partial charge in [-0.3, -0.25) is 4.79 Å². The third-order valence-electron chi connectivity index (χ3n) is 4.71. The lowest BCUT2D eigenvalue weighted by atomic mass is 9.94. The lowest BCUT2D eigenvalue weighted by Crippen LogP contribution is -2.30. The van der Waals surface area contributed by atoms with E-state index in [1.165, 1.54) is 0 Å². The van der Waals surface area contributed by atoms with Crippen LogP contribution in [0.3, 0.4) is 0 Å². The summed E-state index contributed by atoms with van der Waals surface area (Å²) >= 11 is 0. The summed E-state index contributed by atoms with van der Waals surface area (Å²) in [7, 11) is 0. The zero-order chi connectivity index (χ0) is 18.6. The first-order valence-corrected chi connectivity index (χ1v) is 9.03. The molecule has 1 amide bonds. The van der Waals surface area contributed by atoms with Crippen LogP contribution in [0.1, 0.15) is 33.1 Å². The average Bonchev–Trinajstić information content (AvgIpc) is 2.73. The molecule has 1 aliphatic heterocycles. The summed E-state index contributed by atoms with van der Waals surface area (Å²) in [6.07, 6.45) is 0. The van der Waals surface area contributed by atoms with Crippen LogP contribution < -0.4 is 14.8 Å². The second-order valence-electron chi connectivity index (χ2n) is 6.53. The maximum atomic E-state index is 13.0. The van der Waals surface area contributed by atoms with Crippen LogP contribution in [0.25, 0.3) is 0 Å². The first-order chi connectivity index (χ1) is 13.2. The number of nitrogens with one attached hydrogen (secondary N) is 1. The Morgan fingerprint density at radius 1 is 0.889 bits per heavy atom. The van der Waals surface area contributed by atoms with Crippen molar-refractivity contribution in [3.8, 4) is 11.5 Å². The number of fused-ring (bicyclic) bond motifs is 1. The first-order valence-electron chi connectivity index (χ1n) is 9.03. The molecule has 0 unspecified atom stereocenters. The lowest BCUT2D eigenvalue weighted by Gasteiger charge is -2.23. The van der Waals surface area contributed by atoms with Gasteiger partial charge < -0.3 is 14.8 Å². The molecule has 4 heteroatoms. The molecule has 0 aliphatic carbocycles. The number of aryl methyl sites for hydroxylation is 1. The van der Waals surface area contributed by atoms with Gasteiger partial charge in [-0.05, 0) is 41.8 Å². The van der Waals surface area contributed by atoms with Gasteiger partial charge in [0.05, 0.1) is 6.04 Å². The van der Waals surface area contributed by atoms with Crippen molar-refractivity contribution in [1.82, 2.24) is 5.32 Å². The van der Waals surface area contributed by atoms with Gasteiger partial charge in [-0.15, -0.1) is 0 Å². The number of rotatable bonds is 4. The molecule has 0 aromatic heterocycles. The van der Waals surface area contributed by atoms with Gasteiger partial charge >= 0.3 is 0 Å². The van der Waals surface area contributed by atoms with Crippen LogP contribution in [0.15, 0.2) is 72.8 Å². The molecule has 0 saturated heterocycles. The van der Waals surface area contributed by atoms with Gasteiger partial charge in [0.1, 0.15) is 13.2 Å². The molecule has 4 nitrogen and oxygen atoms in total. The first kappa shape index (κ1) is 17.2. The van der Waals surface area contributed by atoms with Crippen molar-refractivity contribution in [3.05, 3.63) is 95.1 Å². The third kappa shape index (κ3) is 3.65. The minimum absolute atomic E-state index is 0.149. The minimum Gasteiger partial charge on any atom is -0.486 e. The number of carbonyl (C=O) groups is 1. The molecule has 27 heavy (non-hydrogen) atoms. The molecule has 0 radical (unpaired) electrons. The van der Waals surface area contributed by atoms with E-state index in [-0.39, 0.29) is 11.9 Å². The van der Waals surface area contributed by atoms with Crippen LogP contribution in [-0.2, 0) is 0 Å². The predicted molar refractivity (Wildman–Crippen MR) is 104 cm³/mol. The van der Waals surface area contributed by atoms with E-state index in [2.05, 4.69) is 24.4 Å². The van der Waals surface area contributed by atoms with Gasteiger partial charge in [0.2, 0.25) is 0 Å². The largest absolute Gasteiger partial charge is 0.486 e. The van der Waals surface area contributed by atoms with Crippen LogP contribution in [0.5, 0.6) is 11.5 Å². The molecule has 0 fully saturated rings. The van der Waals surface area contributed by atoms with Gasteiger partial charge in [0.15, 0.2) is 11.5 Å². The third-order valence-corrected chi connectivity index (χ3v) is 4.71. The van der Waals surface area contributed by atoms with E-state index in [0.29, 0.717) is 30.3 Å². The predicted octanol–water partition coefficient (Wildman–Crippen LogP) is 4.29. The molecule has 1 aliphatic rings. The van der Waals surface area contributed by atoms with E-state index >= 15 is 0 Å². The Bertz CT molecular complexity index is 953. The van der Waals surface area contributed by atoms with Gasteiger partial charge in [0, 0.05) is 5.56 Å². The van der Waals surface area contributed by atoms with Gasteiger partial charge in [-0.25, -0.2) is 0 Å². The Kier molecular flexibility index (Phi) is 4.79. The summed E-state index contributed by atoms with van der Waals surface area (Å²) in [5, 5.41) is 3.18. The highest BCUT2D eigenvalue weighted by atomic mass is 16.6. The summed E-state index contributed by atoms with van der Waals surface area (Å²) < 4.78 is 11.1. The quantitative estimate of drug-likeness (QED) is 0.756. The highest BCUT2D eigenvalue weighted by molar-refractivity contribution is 5.95. The van der Waals surface area contributed by atoms with Crippen LogP contribution in [0, 0.1) is 6.92 Å². The fourth-order valence-corrected chi connectivity index (χ4v) is 3.30. The van der Waals surface area contributed by atoms with Gasteiger partial charge in [-0.2, -0.15) is 0 Å². The van der Waals surface area contributed by atoms with Gasteiger partial charge in [0.25, 0.3) is 5.91 Å². The normalized spacial score (nSPS) is 13.7. The minimum atomic E-state index is -0.229. The number of hydrogen-bond acceptors (Lipinski definition) is 3. The van der Waals surface area contributed by atoms with E-state index in [1.807, 2.05) is 42.5 Å². The Morgan fingerprint density at radius 2 is 1.59 bits per heavy atom. The Labute approximate surface area is 158 Å². The lowest BCUT2D eigenvalue weighted by molar-refractivity contribution is 0.0941. The van der Waals surface area contributed by atoms with Crippen molar-refractivity contribution in [2.75, 3.05) is 13.2 Å². The second kappa shape index (κ2) is 7.54. The van der Waals surface area contributed by atoms with Crippen molar-refractivity contribution < 1.29 is 14.3 Å². The Morgan fingerprint density at radius 3 is 2.37 bits per heavy atom. The topological polar surface area (TPSA) is 47.6 Å². The molecule has 1 N–H and O–H groups in total. The van der Waals surface area contributed by atoms with Crippen LogP contribution in [-0.4, -0.2) is 19.1 Å². The smallest absolute Gasteiger partial charge is 0.252 e. The molecular formula is C23H21NO3. The van der Waals surface area contributed by atoms with Crippen LogP contribution in [0.2, 0.25) is 0 Å². The number of carbonyl (C=O) groups excluding carboxylic acids is 1. The molecule has 0 spiro atoms. The molecule has 4 rings (SSSR count). The molecule has 1 atom stereocenters. The van der Waals surface area contributed by atoms with E-state index in [9.17, 15) is 4.79 Å². The van der Waals surface area contributed by atoms with Crippen molar-refractivity contribution in [3.63, 3.8) is 0 Å². The molecule has 1 heterocycles.